The van der Waals surface area contributed by atoms with E-state index in [1.807, 2.05) is 5.32 Å². The molecule has 0 atom stereocenters. The number of oxime groups is 1. The number of benzene rings is 4. The number of carbonyl (C=O) groups is 3. The Labute approximate surface area is 390 Å². The average molecular weight is 1090 g/mol. The summed E-state index contributed by atoms with van der Waals surface area (Å²) in [6, 6.07) is 0. The van der Waals surface area contributed by atoms with Crippen LogP contribution >= 0.6 is 11.8 Å². The van der Waals surface area contributed by atoms with E-state index >= 15 is 0 Å². The molecule has 1 heterocycles. The molecule has 9 N–H and O–H groups in total. The molecule has 0 fully saturated rings. The van der Waals surface area contributed by atoms with Crippen molar-refractivity contribution in [1.82, 2.24) is 15.3 Å². The largest absolute Gasteiger partial charge is 0.453 e. The van der Waals surface area contributed by atoms with Gasteiger partial charge in [0.05, 0.1) is 35.4 Å². The molecular formula is C34H25F17N10O10S. The maximum atomic E-state index is 13.3. The lowest BCUT2D eigenvalue weighted by atomic mass is 10.2. The van der Waals surface area contributed by atoms with Gasteiger partial charge in [0.1, 0.15) is 11.0 Å². The van der Waals surface area contributed by atoms with Crippen molar-refractivity contribution in [2.75, 3.05) is 43.0 Å². The van der Waals surface area contributed by atoms with Crippen LogP contribution in [-0.4, -0.2) is 63.6 Å². The molecule has 20 nitrogen and oxygen atoms in total. The van der Waals surface area contributed by atoms with Gasteiger partial charge >= 0.3 is 29.5 Å². The van der Waals surface area contributed by atoms with Crippen LogP contribution in [-0.2, 0) is 19.1 Å². The second-order valence-electron chi connectivity index (χ2n) is 11.5. The van der Waals surface area contributed by atoms with Crippen molar-refractivity contribution in [2.45, 2.75) is 14.4 Å². The molecule has 72 heavy (non-hydrogen) atoms. The van der Waals surface area contributed by atoms with Crippen LogP contribution in [0, 0.1) is 119 Å². The number of thioether (sulfide) groups is 1. The molecule has 0 aliphatic rings. The van der Waals surface area contributed by atoms with E-state index in [2.05, 4.69) is 34.8 Å². The molecular weight excluding hydrogens is 1060 g/mol. The number of fused-ring (bicyclic) bond motifs is 1. The summed E-state index contributed by atoms with van der Waals surface area (Å²) in [7, 11) is 2.28. The zero-order valence-corrected chi connectivity index (χ0v) is 35.3. The van der Waals surface area contributed by atoms with E-state index in [1.165, 1.54) is 14.0 Å². The summed E-state index contributed by atoms with van der Waals surface area (Å²) in [5.74, 6) is -36.0. The lowest BCUT2D eigenvalue weighted by Gasteiger charge is -2.04. The van der Waals surface area contributed by atoms with Gasteiger partial charge in [0.15, 0.2) is 63.9 Å². The third-order valence-electron chi connectivity index (χ3n) is 7.13. The van der Waals surface area contributed by atoms with E-state index in [1.54, 1.807) is 6.26 Å². The number of nitro benzene ring substituents is 2. The first-order valence-electron chi connectivity index (χ1n) is 16.8. The fourth-order valence-electron chi connectivity index (χ4n) is 3.89. The molecule has 5 aromatic rings. The number of halogens is 17. The Morgan fingerprint density at radius 2 is 0.917 bits per heavy atom. The lowest BCUT2D eigenvalue weighted by molar-refractivity contribution is -0.390. The van der Waals surface area contributed by atoms with Gasteiger partial charge in [-0.15, -0.1) is 0 Å². The third kappa shape index (κ3) is 14.9. The molecule has 0 saturated heterocycles. The monoisotopic (exact) mass is 1090 g/mol. The number of alkyl carbamates (subject to hydrolysis) is 1. The van der Waals surface area contributed by atoms with Crippen molar-refractivity contribution < 1.29 is 113 Å². The van der Waals surface area contributed by atoms with E-state index < -0.39 is 172 Å². The predicted molar refractivity (Wildman–Crippen MR) is 212 cm³/mol. The molecule has 4 aromatic carbocycles. The number of nitrogen functional groups attached to an aromatic ring is 3. The van der Waals surface area contributed by atoms with E-state index in [9.17, 15) is 109 Å². The van der Waals surface area contributed by atoms with Crippen LogP contribution in [0.3, 0.4) is 0 Å². The second kappa shape index (κ2) is 27.0. The van der Waals surface area contributed by atoms with Gasteiger partial charge in [0, 0.05) is 6.92 Å². The minimum atomic E-state index is -2.43. The Bertz CT molecular complexity index is 2650. The minimum Gasteiger partial charge on any atom is -0.453 e. The zero-order valence-electron chi connectivity index (χ0n) is 34.4. The van der Waals surface area contributed by atoms with Gasteiger partial charge < -0.3 is 36.5 Å². The highest BCUT2D eigenvalue weighted by atomic mass is 32.2. The first-order chi connectivity index (χ1) is 32.8. The molecule has 0 spiro atoms. The summed E-state index contributed by atoms with van der Waals surface area (Å²) in [4.78, 5) is 58.5. The quantitative estimate of drug-likeness (QED) is 0.0113. The summed E-state index contributed by atoms with van der Waals surface area (Å²) < 4.78 is 222. The van der Waals surface area contributed by atoms with Crippen LogP contribution in [0.25, 0.3) is 11.0 Å². The standard InChI is InChI=1S/C9H5F4N3O2.C6F5NO2.C6H2F4N2O2.C6H4F4N2.C6H10N2O4S.CH4/c1-18-9(17)16-8-14-6-4(12)2(10)3(11)5(13)7(6)15-8;2*7-1-2(8)4(10)6(12(13)14)5(11)3(1)9;7-1-2(8)4(10)6(12)5(11)3(1)9;1-4(9)12-8-5(13-3)7-6(10)11-2;/h1H3,(H2,14,15,16,17);;11H2;11-12H2;1-3H3,(H,7,8,10);1H4. The van der Waals surface area contributed by atoms with Crippen molar-refractivity contribution in [2.24, 2.45) is 5.16 Å². The third-order valence-corrected chi connectivity index (χ3v) is 7.69. The summed E-state index contributed by atoms with van der Waals surface area (Å²) in [6.07, 6.45) is 0.0363. The molecule has 2 amide bonds. The molecule has 0 unspecified atom stereocenters. The topological polar surface area (TPSA) is 308 Å². The first kappa shape index (κ1) is 63.4. The molecule has 38 heteroatoms. The van der Waals surface area contributed by atoms with Gasteiger partial charge in [-0.05, 0) is 6.26 Å². The number of hydrogen-bond donors (Lipinski definition) is 6. The molecule has 0 saturated carbocycles. The molecule has 0 bridgehead atoms. The number of methoxy groups -OCH3 is 2. The van der Waals surface area contributed by atoms with Gasteiger partial charge in [0.25, 0.3) is 0 Å². The zero-order chi connectivity index (χ0) is 55.3. The van der Waals surface area contributed by atoms with E-state index in [0.29, 0.717) is 0 Å². The number of anilines is 4. The van der Waals surface area contributed by atoms with Crippen LogP contribution in [0.2, 0.25) is 0 Å². The number of nitrogens with two attached hydrogens (primary N) is 3. The number of amidine groups is 1. The number of rotatable bonds is 4. The van der Waals surface area contributed by atoms with E-state index in [-0.39, 0.29) is 12.6 Å². The fraction of sp³-hybridized carbons (Fsp3) is 0.147. The average Bonchev–Trinajstić information content (AvgIpc) is 3.76. The summed E-state index contributed by atoms with van der Waals surface area (Å²) >= 11 is 1.12. The van der Waals surface area contributed by atoms with E-state index in [4.69, 9.17) is 17.2 Å². The molecule has 1 aromatic heterocycles. The lowest BCUT2D eigenvalue weighted by Crippen LogP contribution is -2.28. The van der Waals surface area contributed by atoms with Gasteiger partial charge in [-0.3, -0.25) is 30.9 Å². The van der Waals surface area contributed by atoms with Gasteiger partial charge in [-0.1, -0.05) is 24.3 Å². The Morgan fingerprint density at radius 1 is 0.569 bits per heavy atom. The molecule has 5 rings (SSSR count). The van der Waals surface area contributed by atoms with Gasteiger partial charge in [0.2, 0.25) is 51.8 Å². The Morgan fingerprint density at radius 3 is 1.29 bits per heavy atom. The number of hydrogen-bond acceptors (Lipinski definition) is 16. The number of carbonyl (C=O) groups excluding carboxylic acids is 3. The molecule has 0 aliphatic heterocycles. The highest BCUT2D eigenvalue weighted by Crippen LogP contribution is 2.33. The van der Waals surface area contributed by atoms with E-state index in [0.717, 1.165) is 18.9 Å². The number of amides is 2. The Hall–Kier alpha value is -8.61. The Kier molecular flexibility index (Phi) is 23.7. The maximum Gasteiger partial charge on any atom is 0.413 e. The van der Waals surface area contributed by atoms with Crippen LogP contribution in [0.1, 0.15) is 14.4 Å². The van der Waals surface area contributed by atoms with Crippen molar-refractivity contribution >= 4 is 80.5 Å². The number of aromatic amines is 1. The van der Waals surface area contributed by atoms with Crippen molar-refractivity contribution in [3.8, 4) is 0 Å². The molecule has 0 aliphatic carbocycles. The highest BCUT2D eigenvalue weighted by molar-refractivity contribution is 8.13. The van der Waals surface area contributed by atoms with Crippen LogP contribution in [0.4, 0.5) is 119 Å². The van der Waals surface area contributed by atoms with Crippen LogP contribution < -0.4 is 27.8 Å². The van der Waals surface area contributed by atoms with Crippen LogP contribution in [0.5, 0.6) is 0 Å². The SMILES string of the molecule is C.COC(=O)NC(=NOC(C)=O)SC.COC(=O)Nc1nc2c(F)c(F)c(F)c(F)c2[nH]1.Nc1c(F)c(F)c(F)c(F)c1[N+](=O)[O-].Nc1c(N)c(F)c(F)c(F)c1F.O=[N+]([O-])c1c(F)c(F)c(F)c(F)c1F. The van der Waals surface area contributed by atoms with Crippen molar-refractivity contribution in [3.05, 3.63) is 119 Å². The summed E-state index contributed by atoms with van der Waals surface area (Å²) in [6.45, 7) is 1.21. The number of imidazole rings is 1. The number of nitrogens with one attached hydrogen (secondary N) is 3. The van der Waals surface area contributed by atoms with Crippen molar-refractivity contribution in [3.63, 3.8) is 0 Å². The summed E-state index contributed by atoms with van der Waals surface area (Å²) in [5, 5.41) is 27.7. The predicted octanol–water partition coefficient (Wildman–Crippen LogP) is 8.90. The number of H-pyrrole nitrogens is 1. The van der Waals surface area contributed by atoms with Crippen LogP contribution in [0.15, 0.2) is 5.16 Å². The van der Waals surface area contributed by atoms with Gasteiger partial charge in [-0.25, -0.2) is 80.8 Å². The first-order valence-corrected chi connectivity index (χ1v) is 18.0. The normalized spacial score (nSPS) is 10.3. The number of ether oxygens (including phenoxy) is 2. The molecule has 0 radical (unpaired) electrons. The fourth-order valence-corrected chi connectivity index (χ4v) is 4.19. The number of nitrogens with zero attached hydrogens (tertiary/aromatic N) is 4. The molecule has 396 valence electrons. The van der Waals surface area contributed by atoms with Crippen molar-refractivity contribution in [1.29, 1.82) is 0 Å². The Balaban J connectivity index is 0.000000879. The maximum absolute atomic E-state index is 13.3. The smallest absolute Gasteiger partial charge is 0.413 e. The van der Waals surface area contributed by atoms with Gasteiger partial charge in [-0.2, -0.15) is 13.2 Å². The number of nitro groups is 2. The minimum absolute atomic E-state index is 0. The highest BCUT2D eigenvalue weighted by Gasteiger charge is 2.34. The summed E-state index contributed by atoms with van der Waals surface area (Å²) in [5.41, 5.74) is 5.96. The second-order valence-corrected chi connectivity index (χ2v) is 12.3. The number of aromatic nitrogens is 2.